The molecule has 3 aromatic carbocycles. The SMILES string of the molecule is COC(=O)c1ccc(NC(=O)/C(C#N)=C/c2cc(Br)c(Cc3cc(C)cc(C)c3)c(OC)c2)cc1. The quantitative estimate of drug-likeness (QED) is 0.229. The van der Waals surface area contributed by atoms with E-state index in [1.807, 2.05) is 12.1 Å². The van der Waals surface area contributed by atoms with Crippen LogP contribution in [0.4, 0.5) is 5.69 Å². The van der Waals surface area contributed by atoms with E-state index in [4.69, 9.17) is 4.74 Å². The molecule has 35 heavy (non-hydrogen) atoms. The number of carbonyl (C=O) groups excluding carboxylic acids is 2. The third kappa shape index (κ3) is 6.58. The number of amides is 1. The zero-order chi connectivity index (χ0) is 25.5. The van der Waals surface area contributed by atoms with Crippen molar-refractivity contribution in [3.8, 4) is 11.8 Å². The number of carbonyl (C=O) groups is 2. The maximum absolute atomic E-state index is 12.7. The molecule has 0 aliphatic heterocycles. The monoisotopic (exact) mass is 532 g/mol. The van der Waals surface area contributed by atoms with Gasteiger partial charge in [-0.2, -0.15) is 5.26 Å². The largest absolute Gasteiger partial charge is 0.496 e. The van der Waals surface area contributed by atoms with E-state index in [0.717, 1.165) is 10.0 Å². The minimum absolute atomic E-state index is 0.0712. The predicted octanol–water partition coefficient (Wildman–Crippen LogP) is 6.00. The number of methoxy groups -OCH3 is 2. The van der Waals surface area contributed by atoms with E-state index in [9.17, 15) is 14.9 Å². The summed E-state index contributed by atoms with van der Waals surface area (Å²) in [6.45, 7) is 4.14. The normalized spacial score (nSPS) is 10.9. The molecular weight excluding hydrogens is 508 g/mol. The Morgan fingerprint density at radius 1 is 1.03 bits per heavy atom. The van der Waals surface area contributed by atoms with Gasteiger partial charge < -0.3 is 14.8 Å². The van der Waals surface area contributed by atoms with Gasteiger partial charge in [0.25, 0.3) is 5.91 Å². The summed E-state index contributed by atoms with van der Waals surface area (Å²) in [6, 6.07) is 18.2. The van der Waals surface area contributed by atoms with Gasteiger partial charge >= 0.3 is 5.97 Å². The van der Waals surface area contributed by atoms with Crippen molar-refractivity contribution in [3.63, 3.8) is 0 Å². The minimum atomic E-state index is -0.562. The highest BCUT2D eigenvalue weighted by Gasteiger charge is 2.14. The second-order valence-corrected chi connectivity index (χ2v) is 8.90. The number of nitrogens with one attached hydrogen (secondary N) is 1. The van der Waals surface area contributed by atoms with Crippen molar-refractivity contribution in [2.45, 2.75) is 20.3 Å². The van der Waals surface area contributed by atoms with Gasteiger partial charge in [-0.15, -0.1) is 0 Å². The Bertz CT molecular complexity index is 1320. The molecule has 7 heteroatoms. The number of esters is 1. The lowest BCUT2D eigenvalue weighted by atomic mass is 9.98. The zero-order valence-electron chi connectivity index (χ0n) is 19.9. The number of benzene rings is 3. The lowest BCUT2D eigenvalue weighted by Gasteiger charge is -2.13. The van der Waals surface area contributed by atoms with Crippen LogP contribution in [0.3, 0.4) is 0 Å². The van der Waals surface area contributed by atoms with Crippen LogP contribution in [0.5, 0.6) is 5.75 Å². The average Bonchev–Trinajstić information content (AvgIpc) is 2.83. The fourth-order valence-corrected chi connectivity index (χ4v) is 4.36. The van der Waals surface area contributed by atoms with E-state index in [0.29, 0.717) is 29.0 Å². The fraction of sp³-hybridized carbons (Fsp3) is 0.179. The number of nitrogens with zero attached hydrogens (tertiary/aromatic N) is 1. The van der Waals surface area contributed by atoms with E-state index < -0.39 is 11.9 Å². The van der Waals surface area contributed by atoms with E-state index in [1.54, 1.807) is 25.3 Å². The highest BCUT2D eigenvalue weighted by atomic mass is 79.9. The Hall–Kier alpha value is -3.89. The molecule has 0 unspecified atom stereocenters. The summed E-state index contributed by atoms with van der Waals surface area (Å²) in [6.07, 6.45) is 2.18. The second kappa shape index (κ2) is 11.5. The van der Waals surface area contributed by atoms with Gasteiger partial charge in [0, 0.05) is 22.1 Å². The van der Waals surface area contributed by atoms with Crippen LogP contribution in [0.25, 0.3) is 6.08 Å². The van der Waals surface area contributed by atoms with Crippen molar-refractivity contribution < 1.29 is 19.1 Å². The van der Waals surface area contributed by atoms with Crippen LogP contribution in [-0.2, 0) is 16.0 Å². The van der Waals surface area contributed by atoms with Crippen LogP contribution in [0.2, 0.25) is 0 Å². The molecule has 6 nitrogen and oxygen atoms in total. The van der Waals surface area contributed by atoms with Crippen LogP contribution >= 0.6 is 15.9 Å². The summed E-state index contributed by atoms with van der Waals surface area (Å²) in [5.41, 5.74) is 5.91. The van der Waals surface area contributed by atoms with E-state index in [2.05, 4.69) is 58.0 Å². The Labute approximate surface area is 213 Å². The standard InChI is InChI=1S/C28H25BrN2O4/c1-17-9-18(2)11-19(10-17)13-24-25(29)14-20(15-26(24)34-3)12-22(16-30)27(32)31-23-7-5-21(6-8-23)28(33)35-4/h5-12,14-15H,13H2,1-4H3,(H,31,32)/b22-12+. The molecule has 3 rings (SSSR count). The van der Waals surface area contributed by atoms with Crippen molar-refractivity contribution >= 4 is 39.6 Å². The molecule has 1 N–H and O–H groups in total. The molecule has 0 spiro atoms. The van der Waals surface area contributed by atoms with E-state index in [1.165, 1.54) is 42.0 Å². The molecule has 0 radical (unpaired) electrons. The molecular formula is C28H25BrN2O4. The number of hydrogen-bond donors (Lipinski definition) is 1. The number of rotatable bonds is 7. The van der Waals surface area contributed by atoms with Gasteiger partial charge in [-0.1, -0.05) is 45.3 Å². The van der Waals surface area contributed by atoms with Gasteiger partial charge in [-0.3, -0.25) is 4.79 Å². The van der Waals surface area contributed by atoms with Gasteiger partial charge in [0.05, 0.1) is 19.8 Å². The lowest BCUT2D eigenvalue weighted by Crippen LogP contribution is -2.13. The molecule has 0 aliphatic rings. The molecule has 0 aromatic heterocycles. The van der Waals surface area contributed by atoms with Gasteiger partial charge in [0.1, 0.15) is 17.4 Å². The number of nitriles is 1. The summed E-state index contributed by atoms with van der Waals surface area (Å²) in [7, 11) is 2.89. The first kappa shape index (κ1) is 25.7. The number of ether oxygens (including phenoxy) is 2. The topological polar surface area (TPSA) is 88.4 Å². The first-order valence-electron chi connectivity index (χ1n) is 10.8. The zero-order valence-corrected chi connectivity index (χ0v) is 21.5. The van der Waals surface area contributed by atoms with Crippen LogP contribution in [-0.4, -0.2) is 26.1 Å². The van der Waals surface area contributed by atoms with Crippen LogP contribution in [0.15, 0.2) is 64.6 Å². The molecule has 3 aromatic rings. The maximum atomic E-state index is 12.7. The fourth-order valence-electron chi connectivity index (χ4n) is 3.76. The number of anilines is 1. The Morgan fingerprint density at radius 3 is 2.26 bits per heavy atom. The summed E-state index contributed by atoms with van der Waals surface area (Å²) in [4.78, 5) is 24.3. The molecule has 1 amide bonds. The predicted molar refractivity (Wildman–Crippen MR) is 139 cm³/mol. The highest BCUT2D eigenvalue weighted by molar-refractivity contribution is 9.10. The Kier molecular flexibility index (Phi) is 8.45. The third-order valence-corrected chi connectivity index (χ3v) is 6.01. The molecule has 0 saturated carbocycles. The molecule has 0 atom stereocenters. The molecule has 0 fully saturated rings. The molecule has 0 saturated heterocycles. The Balaban J connectivity index is 1.84. The second-order valence-electron chi connectivity index (χ2n) is 8.05. The molecule has 0 heterocycles. The van der Waals surface area contributed by atoms with Crippen molar-refractivity contribution in [1.29, 1.82) is 5.26 Å². The van der Waals surface area contributed by atoms with Crippen molar-refractivity contribution in [3.05, 3.63) is 98.0 Å². The van der Waals surface area contributed by atoms with Gasteiger partial charge in [-0.05, 0) is 67.4 Å². The summed E-state index contributed by atoms with van der Waals surface area (Å²) < 4.78 is 11.1. The van der Waals surface area contributed by atoms with Crippen molar-refractivity contribution in [1.82, 2.24) is 0 Å². The number of aryl methyl sites for hydroxylation is 2. The molecule has 0 bridgehead atoms. The van der Waals surface area contributed by atoms with E-state index in [-0.39, 0.29) is 5.57 Å². The first-order chi connectivity index (χ1) is 16.7. The van der Waals surface area contributed by atoms with Gasteiger partial charge in [0.2, 0.25) is 0 Å². The van der Waals surface area contributed by atoms with E-state index >= 15 is 0 Å². The first-order valence-corrected chi connectivity index (χ1v) is 11.6. The number of halogens is 1. The summed E-state index contributed by atoms with van der Waals surface area (Å²) in [5.74, 6) is -0.380. The summed E-state index contributed by atoms with van der Waals surface area (Å²) in [5, 5.41) is 12.3. The molecule has 178 valence electrons. The highest BCUT2D eigenvalue weighted by Crippen LogP contribution is 2.32. The Morgan fingerprint density at radius 2 is 1.69 bits per heavy atom. The average molecular weight is 533 g/mol. The van der Waals surface area contributed by atoms with Gasteiger partial charge in [-0.25, -0.2) is 4.79 Å². The number of hydrogen-bond acceptors (Lipinski definition) is 5. The lowest BCUT2D eigenvalue weighted by molar-refractivity contribution is -0.112. The van der Waals surface area contributed by atoms with Gasteiger partial charge in [0.15, 0.2) is 0 Å². The van der Waals surface area contributed by atoms with Crippen molar-refractivity contribution in [2.24, 2.45) is 0 Å². The van der Waals surface area contributed by atoms with Crippen LogP contribution in [0.1, 0.15) is 38.2 Å². The summed E-state index contributed by atoms with van der Waals surface area (Å²) >= 11 is 3.63. The third-order valence-electron chi connectivity index (χ3n) is 5.30. The van der Waals surface area contributed by atoms with Crippen LogP contribution in [0, 0.1) is 25.2 Å². The maximum Gasteiger partial charge on any atom is 0.337 e. The smallest absolute Gasteiger partial charge is 0.337 e. The molecule has 0 aliphatic carbocycles. The van der Waals surface area contributed by atoms with Crippen LogP contribution < -0.4 is 10.1 Å². The minimum Gasteiger partial charge on any atom is -0.496 e. The van der Waals surface area contributed by atoms with Crippen molar-refractivity contribution in [2.75, 3.05) is 19.5 Å².